The Bertz CT molecular complexity index is 1210. The number of rotatable bonds is 2. The largest absolute Gasteiger partial charge is 0.384 e. The zero-order valence-electron chi connectivity index (χ0n) is 14.7. The van der Waals surface area contributed by atoms with Gasteiger partial charge in [0.15, 0.2) is 0 Å². The predicted molar refractivity (Wildman–Crippen MR) is 109 cm³/mol. The molecule has 0 amide bonds. The fourth-order valence-corrected chi connectivity index (χ4v) is 3.77. The van der Waals surface area contributed by atoms with Gasteiger partial charge in [0.25, 0.3) is 0 Å². The SMILES string of the molecule is Nc1ccc(-c2ccc3ncnc(N4CCc5cc(F)c(Cl)cc54)c3c2)cn1. The maximum atomic E-state index is 13.8. The molecule has 7 heteroatoms. The van der Waals surface area contributed by atoms with E-state index in [4.69, 9.17) is 17.3 Å². The van der Waals surface area contributed by atoms with Crippen LogP contribution in [0.1, 0.15) is 5.56 Å². The maximum absolute atomic E-state index is 13.8. The van der Waals surface area contributed by atoms with E-state index in [0.717, 1.165) is 45.5 Å². The summed E-state index contributed by atoms with van der Waals surface area (Å²) in [5.74, 6) is 0.857. The third-order valence-corrected chi connectivity index (χ3v) is 5.30. The van der Waals surface area contributed by atoms with E-state index in [9.17, 15) is 4.39 Å². The topological polar surface area (TPSA) is 67.9 Å². The first-order valence-corrected chi connectivity index (χ1v) is 9.20. The Kier molecular flexibility index (Phi) is 3.87. The van der Waals surface area contributed by atoms with Gasteiger partial charge >= 0.3 is 0 Å². The molecule has 138 valence electrons. The van der Waals surface area contributed by atoms with Crippen LogP contribution in [-0.4, -0.2) is 21.5 Å². The van der Waals surface area contributed by atoms with Gasteiger partial charge in [-0.25, -0.2) is 19.3 Å². The molecular formula is C21H15ClFN5. The van der Waals surface area contributed by atoms with Gasteiger partial charge in [-0.2, -0.15) is 0 Å². The molecule has 1 aliphatic rings. The minimum atomic E-state index is -0.395. The van der Waals surface area contributed by atoms with E-state index in [0.29, 0.717) is 12.4 Å². The summed E-state index contributed by atoms with van der Waals surface area (Å²) in [5, 5.41) is 1.02. The maximum Gasteiger partial charge on any atom is 0.144 e. The highest BCUT2D eigenvalue weighted by Crippen LogP contribution is 2.39. The lowest BCUT2D eigenvalue weighted by atomic mass is 10.0. The van der Waals surface area contributed by atoms with E-state index in [2.05, 4.69) is 19.9 Å². The zero-order chi connectivity index (χ0) is 19.3. The molecule has 4 aromatic rings. The van der Waals surface area contributed by atoms with Crippen LogP contribution >= 0.6 is 11.6 Å². The van der Waals surface area contributed by atoms with E-state index in [1.165, 1.54) is 6.07 Å². The number of hydrogen-bond acceptors (Lipinski definition) is 5. The van der Waals surface area contributed by atoms with E-state index in [1.54, 1.807) is 24.7 Å². The Morgan fingerprint density at radius 1 is 1.00 bits per heavy atom. The molecule has 5 rings (SSSR count). The van der Waals surface area contributed by atoms with Gasteiger partial charge in [-0.3, -0.25) is 0 Å². The lowest BCUT2D eigenvalue weighted by Crippen LogP contribution is -2.15. The molecule has 5 nitrogen and oxygen atoms in total. The number of nitrogens with zero attached hydrogens (tertiary/aromatic N) is 4. The van der Waals surface area contributed by atoms with Crippen molar-refractivity contribution < 1.29 is 4.39 Å². The molecule has 0 fully saturated rings. The summed E-state index contributed by atoms with van der Waals surface area (Å²) in [6.45, 7) is 0.703. The average molecular weight is 392 g/mol. The zero-order valence-corrected chi connectivity index (χ0v) is 15.5. The van der Waals surface area contributed by atoms with Crippen molar-refractivity contribution in [2.75, 3.05) is 17.2 Å². The van der Waals surface area contributed by atoms with Crippen molar-refractivity contribution >= 4 is 39.8 Å². The summed E-state index contributed by atoms with van der Waals surface area (Å²) in [7, 11) is 0. The summed E-state index contributed by atoms with van der Waals surface area (Å²) in [6.07, 6.45) is 4.02. The lowest BCUT2D eigenvalue weighted by Gasteiger charge is -2.20. The van der Waals surface area contributed by atoms with E-state index in [1.807, 2.05) is 24.3 Å². The number of nitrogen functional groups attached to an aromatic ring is 1. The van der Waals surface area contributed by atoms with Crippen LogP contribution in [-0.2, 0) is 6.42 Å². The molecule has 0 aliphatic carbocycles. The first-order valence-electron chi connectivity index (χ1n) is 8.82. The molecule has 0 saturated heterocycles. The van der Waals surface area contributed by atoms with Crippen molar-refractivity contribution in [2.45, 2.75) is 6.42 Å². The number of hydrogen-bond donors (Lipinski definition) is 1. The van der Waals surface area contributed by atoms with Crippen LogP contribution in [0, 0.1) is 5.82 Å². The van der Waals surface area contributed by atoms with Gasteiger partial charge in [0.1, 0.15) is 23.8 Å². The van der Waals surface area contributed by atoms with Gasteiger partial charge in [-0.05, 0) is 53.9 Å². The average Bonchev–Trinajstić information content (AvgIpc) is 3.10. The molecule has 2 aromatic carbocycles. The van der Waals surface area contributed by atoms with Gasteiger partial charge in [0.05, 0.1) is 10.5 Å². The molecule has 28 heavy (non-hydrogen) atoms. The van der Waals surface area contributed by atoms with Gasteiger partial charge in [0, 0.05) is 29.4 Å². The van der Waals surface area contributed by atoms with Gasteiger partial charge < -0.3 is 10.6 Å². The normalized spacial score (nSPS) is 13.1. The van der Waals surface area contributed by atoms with E-state index >= 15 is 0 Å². The molecule has 0 saturated carbocycles. The number of anilines is 3. The molecule has 0 radical (unpaired) electrons. The first-order chi connectivity index (χ1) is 13.6. The minimum absolute atomic E-state index is 0.109. The molecular weight excluding hydrogens is 377 g/mol. The van der Waals surface area contributed by atoms with Gasteiger partial charge in [-0.1, -0.05) is 17.7 Å². The predicted octanol–water partition coefficient (Wildman–Crippen LogP) is 4.76. The number of nitrogens with two attached hydrogens (primary N) is 1. The van der Waals surface area contributed by atoms with Crippen molar-refractivity contribution in [2.24, 2.45) is 0 Å². The Morgan fingerprint density at radius 3 is 2.68 bits per heavy atom. The van der Waals surface area contributed by atoms with Crippen LogP contribution < -0.4 is 10.6 Å². The van der Waals surface area contributed by atoms with Crippen LogP contribution in [0.2, 0.25) is 5.02 Å². The fraction of sp³-hybridized carbons (Fsp3) is 0.0952. The Balaban J connectivity index is 1.66. The van der Waals surface area contributed by atoms with Gasteiger partial charge in [-0.15, -0.1) is 0 Å². The van der Waals surface area contributed by atoms with Crippen LogP contribution in [0.5, 0.6) is 0 Å². The summed E-state index contributed by atoms with van der Waals surface area (Å²) in [6, 6.07) is 12.9. The first kappa shape index (κ1) is 16.9. The quantitative estimate of drug-likeness (QED) is 0.533. The minimum Gasteiger partial charge on any atom is -0.384 e. The third kappa shape index (κ3) is 2.73. The van der Waals surface area contributed by atoms with Crippen LogP contribution in [0.4, 0.5) is 21.7 Å². The summed E-state index contributed by atoms with van der Waals surface area (Å²) < 4.78 is 13.8. The second-order valence-corrected chi connectivity index (χ2v) is 7.10. The molecule has 2 aromatic heterocycles. The number of benzene rings is 2. The van der Waals surface area contributed by atoms with Gasteiger partial charge in [0.2, 0.25) is 0 Å². The Labute approximate surface area is 165 Å². The fourth-order valence-electron chi connectivity index (χ4n) is 3.62. The van der Waals surface area contributed by atoms with Crippen molar-refractivity contribution in [3.8, 4) is 11.1 Å². The molecule has 2 N–H and O–H groups in total. The number of fused-ring (bicyclic) bond motifs is 2. The Hall–Kier alpha value is -3.25. The number of halogens is 2. The molecule has 0 unspecified atom stereocenters. The highest BCUT2D eigenvalue weighted by Gasteiger charge is 2.25. The highest BCUT2D eigenvalue weighted by atomic mass is 35.5. The molecule has 0 spiro atoms. The molecule has 3 heterocycles. The van der Waals surface area contributed by atoms with E-state index < -0.39 is 5.82 Å². The van der Waals surface area contributed by atoms with E-state index in [-0.39, 0.29) is 5.02 Å². The summed E-state index contributed by atoms with van der Waals surface area (Å²) >= 11 is 6.03. The van der Waals surface area contributed by atoms with Crippen molar-refractivity contribution in [1.29, 1.82) is 0 Å². The number of pyridine rings is 1. The summed E-state index contributed by atoms with van der Waals surface area (Å²) in [4.78, 5) is 15.2. The second kappa shape index (κ2) is 6.42. The molecule has 1 aliphatic heterocycles. The smallest absolute Gasteiger partial charge is 0.144 e. The monoisotopic (exact) mass is 391 g/mol. The lowest BCUT2D eigenvalue weighted by molar-refractivity contribution is 0.627. The van der Waals surface area contributed by atoms with Crippen molar-refractivity contribution in [1.82, 2.24) is 15.0 Å². The summed E-state index contributed by atoms with van der Waals surface area (Å²) in [5.41, 5.74) is 10.3. The van der Waals surface area contributed by atoms with Crippen molar-refractivity contribution in [3.63, 3.8) is 0 Å². The van der Waals surface area contributed by atoms with Crippen LogP contribution in [0.15, 0.2) is 55.0 Å². The van der Waals surface area contributed by atoms with Crippen molar-refractivity contribution in [3.05, 3.63) is 71.4 Å². The third-order valence-electron chi connectivity index (χ3n) is 5.01. The standard InChI is InChI=1S/C21H15ClFN5/c22-16-9-19-13(8-17(16)23)5-6-28(19)21-15-7-12(1-3-18(15)26-11-27-21)14-2-4-20(24)25-10-14/h1-4,7-11H,5-6H2,(H2,24,25). The Morgan fingerprint density at radius 2 is 1.86 bits per heavy atom. The molecule has 0 atom stereocenters. The highest BCUT2D eigenvalue weighted by molar-refractivity contribution is 6.31. The molecule has 0 bridgehead atoms. The number of aromatic nitrogens is 3. The van der Waals surface area contributed by atoms with Crippen LogP contribution in [0.25, 0.3) is 22.0 Å². The van der Waals surface area contributed by atoms with Crippen LogP contribution in [0.3, 0.4) is 0 Å². The second-order valence-electron chi connectivity index (χ2n) is 6.70.